The Balaban J connectivity index is 1.66. The Bertz CT molecular complexity index is 878. The van der Waals surface area contributed by atoms with Crippen LogP contribution >= 0.6 is 0 Å². The van der Waals surface area contributed by atoms with Gasteiger partial charge >= 0.3 is 5.69 Å². The third-order valence-corrected chi connectivity index (χ3v) is 6.70. The Kier molecular flexibility index (Phi) is 5.23. The first-order chi connectivity index (χ1) is 12.0. The fraction of sp³-hybridized carbons (Fsp3) is 0.600. The Labute approximate surface area is 147 Å². The van der Waals surface area contributed by atoms with Gasteiger partial charge in [-0.2, -0.15) is 21.7 Å². The van der Waals surface area contributed by atoms with Crippen molar-refractivity contribution < 1.29 is 8.42 Å². The molecule has 1 saturated heterocycles. The summed E-state index contributed by atoms with van der Waals surface area (Å²) in [6, 6.07) is 5.41. The van der Waals surface area contributed by atoms with E-state index in [2.05, 4.69) is 5.10 Å². The minimum Gasteiger partial charge on any atom is -0.282 e. The van der Waals surface area contributed by atoms with Crippen LogP contribution in [-0.4, -0.2) is 75.4 Å². The average molecular weight is 368 g/mol. The SMILES string of the molecule is CCN(CC)S(=O)(=O)N1CCN(Cn2nc3ccccn3c2=O)CC1. The van der Waals surface area contributed by atoms with Crippen molar-refractivity contribution in [2.75, 3.05) is 39.3 Å². The molecule has 3 rings (SSSR count). The molecule has 1 aliphatic heterocycles. The van der Waals surface area contributed by atoms with Crippen molar-refractivity contribution in [2.24, 2.45) is 0 Å². The van der Waals surface area contributed by atoms with Gasteiger partial charge < -0.3 is 0 Å². The predicted octanol–water partition coefficient (Wildman–Crippen LogP) is -0.342. The second-order valence-electron chi connectivity index (χ2n) is 5.96. The van der Waals surface area contributed by atoms with Crippen LogP contribution in [0.15, 0.2) is 29.2 Å². The Morgan fingerprint density at radius 1 is 1.12 bits per heavy atom. The Morgan fingerprint density at radius 2 is 1.80 bits per heavy atom. The minimum absolute atomic E-state index is 0.186. The van der Waals surface area contributed by atoms with Crippen molar-refractivity contribution in [1.82, 2.24) is 27.7 Å². The van der Waals surface area contributed by atoms with E-state index in [1.807, 2.05) is 24.8 Å². The lowest BCUT2D eigenvalue weighted by Crippen LogP contribution is -2.53. The van der Waals surface area contributed by atoms with E-state index in [1.165, 1.54) is 17.7 Å². The van der Waals surface area contributed by atoms with Crippen LogP contribution in [0.4, 0.5) is 0 Å². The standard InChI is InChI=1S/C15H24N6O3S/c1-3-18(4-2)25(23,24)19-11-9-17(10-12-19)13-21-15(22)20-8-6-5-7-14(20)16-21/h5-8H,3-4,9-13H2,1-2H3. The zero-order valence-electron chi connectivity index (χ0n) is 14.6. The molecule has 0 amide bonds. The average Bonchev–Trinajstić information content (AvgIpc) is 2.92. The van der Waals surface area contributed by atoms with E-state index in [4.69, 9.17) is 0 Å². The molecule has 1 fully saturated rings. The molecular weight excluding hydrogens is 344 g/mol. The highest BCUT2D eigenvalue weighted by Gasteiger charge is 2.30. The fourth-order valence-corrected chi connectivity index (χ4v) is 4.67. The molecule has 0 bridgehead atoms. The molecule has 3 heterocycles. The van der Waals surface area contributed by atoms with Crippen LogP contribution in [0.1, 0.15) is 13.8 Å². The highest BCUT2D eigenvalue weighted by molar-refractivity contribution is 7.86. The van der Waals surface area contributed by atoms with E-state index in [1.54, 1.807) is 18.3 Å². The maximum Gasteiger partial charge on any atom is 0.351 e. The van der Waals surface area contributed by atoms with Crippen LogP contribution in [0.3, 0.4) is 0 Å². The third-order valence-electron chi connectivity index (χ3n) is 4.51. The quantitative estimate of drug-likeness (QED) is 0.696. The van der Waals surface area contributed by atoms with Crippen LogP contribution in [0, 0.1) is 0 Å². The first-order valence-electron chi connectivity index (χ1n) is 8.49. The molecule has 0 aromatic carbocycles. The second-order valence-corrected chi connectivity index (χ2v) is 7.89. The van der Waals surface area contributed by atoms with Gasteiger partial charge in [-0.05, 0) is 12.1 Å². The van der Waals surface area contributed by atoms with Gasteiger partial charge in [-0.3, -0.25) is 9.30 Å². The molecule has 1 aliphatic rings. The molecule has 0 radical (unpaired) electrons. The van der Waals surface area contributed by atoms with E-state index in [-0.39, 0.29) is 5.69 Å². The van der Waals surface area contributed by atoms with Crippen LogP contribution in [0.5, 0.6) is 0 Å². The Hall–Kier alpha value is -1.75. The minimum atomic E-state index is -3.40. The highest BCUT2D eigenvalue weighted by atomic mass is 32.2. The van der Waals surface area contributed by atoms with Gasteiger partial charge in [0, 0.05) is 45.5 Å². The summed E-state index contributed by atoms with van der Waals surface area (Å²) in [7, 11) is -3.40. The third kappa shape index (κ3) is 3.47. The van der Waals surface area contributed by atoms with E-state index in [0.29, 0.717) is 51.6 Å². The summed E-state index contributed by atoms with van der Waals surface area (Å²) in [5, 5.41) is 4.31. The Morgan fingerprint density at radius 3 is 2.40 bits per heavy atom. The van der Waals surface area contributed by atoms with E-state index in [9.17, 15) is 13.2 Å². The number of hydrogen-bond donors (Lipinski definition) is 0. The normalized spacial score (nSPS) is 17.6. The molecule has 0 spiro atoms. The molecule has 25 heavy (non-hydrogen) atoms. The maximum atomic E-state index is 12.5. The molecular formula is C15H24N6O3S. The molecule has 9 nitrogen and oxygen atoms in total. The van der Waals surface area contributed by atoms with Crippen LogP contribution in [-0.2, 0) is 16.9 Å². The van der Waals surface area contributed by atoms with E-state index in [0.717, 1.165) is 0 Å². The molecule has 138 valence electrons. The van der Waals surface area contributed by atoms with Crippen molar-refractivity contribution >= 4 is 15.9 Å². The second kappa shape index (κ2) is 7.24. The zero-order chi connectivity index (χ0) is 18.0. The fourth-order valence-electron chi connectivity index (χ4n) is 3.06. The topological polar surface area (TPSA) is 83.2 Å². The predicted molar refractivity (Wildman–Crippen MR) is 94.4 cm³/mol. The maximum absolute atomic E-state index is 12.5. The number of piperazine rings is 1. The number of fused-ring (bicyclic) bond motifs is 1. The smallest absolute Gasteiger partial charge is 0.282 e. The van der Waals surface area contributed by atoms with Crippen molar-refractivity contribution in [1.29, 1.82) is 0 Å². The monoisotopic (exact) mass is 368 g/mol. The molecule has 2 aromatic heterocycles. The van der Waals surface area contributed by atoms with Gasteiger partial charge in [0.15, 0.2) is 5.65 Å². The van der Waals surface area contributed by atoms with Gasteiger partial charge in [0.2, 0.25) is 0 Å². The summed E-state index contributed by atoms with van der Waals surface area (Å²) >= 11 is 0. The summed E-state index contributed by atoms with van der Waals surface area (Å²) in [5.74, 6) is 0. The summed E-state index contributed by atoms with van der Waals surface area (Å²) < 4.78 is 31.0. The number of rotatable bonds is 6. The zero-order valence-corrected chi connectivity index (χ0v) is 15.4. The lowest BCUT2D eigenvalue weighted by Gasteiger charge is -2.35. The molecule has 10 heteroatoms. The first-order valence-corrected chi connectivity index (χ1v) is 9.88. The number of pyridine rings is 1. The number of aromatic nitrogens is 3. The lowest BCUT2D eigenvalue weighted by molar-refractivity contribution is 0.140. The van der Waals surface area contributed by atoms with Gasteiger partial charge in [0.25, 0.3) is 10.2 Å². The molecule has 0 N–H and O–H groups in total. The van der Waals surface area contributed by atoms with Crippen molar-refractivity contribution in [3.63, 3.8) is 0 Å². The van der Waals surface area contributed by atoms with E-state index < -0.39 is 10.2 Å². The van der Waals surface area contributed by atoms with Crippen molar-refractivity contribution in [3.8, 4) is 0 Å². The molecule has 0 aliphatic carbocycles. The van der Waals surface area contributed by atoms with Gasteiger partial charge in [-0.1, -0.05) is 19.9 Å². The lowest BCUT2D eigenvalue weighted by atomic mass is 10.4. The number of hydrogen-bond acceptors (Lipinski definition) is 5. The van der Waals surface area contributed by atoms with Crippen molar-refractivity contribution in [3.05, 3.63) is 34.9 Å². The van der Waals surface area contributed by atoms with Crippen LogP contribution in [0.2, 0.25) is 0 Å². The molecule has 0 atom stereocenters. The summed E-state index contributed by atoms with van der Waals surface area (Å²) in [4.78, 5) is 14.4. The molecule has 0 saturated carbocycles. The van der Waals surface area contributed by atoms with Gasteiger partial charge in [-0.25, -0.2) is 4.79 Å². The highest BCUT2D eigenvalue weighted by Crippen LogP contribution is 2.12. The van der Waals surface area contributed by atoms with E-state index >= 15 is 0 Å². The van der Waals surface area contributed by atoms with Crippen LogP contribution in [0.25, 0.3) is 5.65 Å². The van der Waals surface area contributed by atoms with Gasteiger partial charge in [0.1, 0.15) is 0 Å². The summed E-state index contributed by atoms with van der Waals surface area (Å²) in [6.45, 7) is 6.95. The summed E-state index contributed by atoms with van der Waals surface area (Å²) in [6.07, 6.45) is 1.69. The summed E-state index contributed by atoms with van der Waals surface area (Å²) in [5.41, 5.74) is 0.420. The molecule has 2 aromatic rings. The first kappa shape index (κ1) is 18.1. The van der Waals surface area contributed by atoms with Crippen molar-refractivity contribution in [2.45, 2.75) is 20.5 Å². The van der Waals surface area contributed by atoms with Gasteiger partial charge in [-0.15, -0.1) is 5.10 Å². The molecule has 0 unspecified atom stereocenters. The van der Waals surface area contributed by atoms with Gasteiger partial charge in [0.05, 0.1) is 6.67 Å². The largest absolute Gasteiger partial charge is 0.351 e. The van der Waals surface area contributed by atoms with Crippen LogP contribution < -0.4 is 5.69 Å². The number of nitrogens with zero attached hydrogens (tertiary/aromatic N) is 6.